The van der Waals surface area contributed by atoms with Crippen LogP contribution in [0.1, 0.15) is 33.1 Å². The third-order valence-electron chi connectivity index (χ3n) is 5.34. The summed E-state index contributed by atoms with van der Waals surface area (Å²) >= 11 is 0. The van der Waals surface area contributed by atoms with Gasteiger partial charge in [0.05, 0.1) is 6.42 Å². The molecule has 3 N–H and O–H groups in total. The number of carbonyl (C=O) groups is 1. The lowest BCUT2D eigenvalue weighted by molar-refractivity contribution is -0.141. The maximum Gasteiger partial charge on any atom is 0.303 e. The van der Waals surface area contributed by atoms with Crippen LogP contribution in [0.5, 0.6) is 0 Å². The quantitative estimate of drug-likeness (QED) is 0.747. The molecule has 86 valence electrons. The van der Waals surface area contributed by atoms with E-state index in [1.165, 1.54) is 12.8 Å². The summed E-state index contributed by atoms with van der Waals surface area (Å²) in [6.07, 6.45) is 2.80. The van der Waals surface area contributed by atoms with Crippen molar-refractivity contribution in [3.63, 3.8) is 0 Å². The Balaban J connectivity index is 2.26. The summed E-state index contributed by atoms with van der Waals surface area (Å²) in [4.78, 5) is 11.0. The number of nitrogens with two attached hydrogens (primary N) is 1. The summed E-state index contributed by atoms with van der Waals surface area (Å²) in [5, 5.41) is 9.04. The number of hydrogen-bond donors (Lipinski definition) is 2. The fourth-order valence-electron chi connectivity index (χ4n) is 4.11. The lowest BCUT2D eigenvalue weighted by Gasteiger charge is -2.35. The molecule has 2 saturated carbocycles. The van der Waals surface area contributed by atoms with Crippen LogP contribution < -0.4 is 5.73 Å². The van der Waals surface area contributed by atoms with E-state index >= 15 is 0 Å². The Morgan fingerprint density at radius 2 is 1.80 bits per heavy atom. The van der Waals surface area contributed by atoms with Gasteiger partial charge in [0.15, 0.2) is 0 Å². The topological polar surface area (TPSA) is 63.3 Å². The molecule has 0 heterocycles. The summed E-state index contributed by atoms with van der Waals surface area (Å²) in [6.45, 7) is 4.93. The number of carboxylic acid groups (broad SMARTS) is 1. The van der Waals surface area contributed by atoms with Gasteiger partial charge >= 0.3 is 5.97 Å². The zero-order valence-electron chi connectivity index (χ0n) is 9.57. The zero-order valence-corrected chi connectivity index (χ0v) is 9.57. The number of aliphatic carboxylic acids is 1. The van der Waals surface area contributed by atoms with Crippen molar-refractivity contribution >= 4 is 5.97 Å². The molecule has 3 nitrogen and oxygen atoms in total. The van der Waals surface area contributed by atoms with Gasteiger partial charge in [-0.2, -0.15) is 0 Å². The number of rotatable bonds is 3. The third-order valence-corrected chi connectivity index (χ3v) is 5.34. The van der Waals surface area contributed by atoms with E-state index in [0.29, 0.717) is 18.4 Å². The Hall–Kier alpha value is -0.570. The Morgan fingerprint density at radius 1 is 1.33 bits per heavy atom. The van der Waals surface area contributed by atoms with Crippen LogP contribution in [0.2, 0.25) is 0 Å². The van der Waals surface area contributed by atoms with Crippen LogP contribution in [0.25, 0.3) is 0 Å². The summed E-state index contributed by atoms with van der Waals surface area (Å²) in [5.74, 6) is 1.74. The van der Waals surface area contributed by atoms with Crippen molar-refractivity contribution in [2.75, 3.05) is 6.54 Å². The standard InChI is InChI=1S/C12H21NO2/c1-7-9-3-4-10(9)8(2)12(7,6-13)5-11(14)15/h7-10H,3-6,13H2,1-2H3,(H,14,15). The molecule has 4 unspecified atom stereocenters. The van der Waals surface area contributed by atoms with Crippen molar-refractivity contribution in [1.82, 2.24) is 0 Å². The molecule has 2 fully saturated rings. The van der Waals surface area contributed by atoms with Gasteiger partial charge in [-0.25, -0.2) is 0 Å². The van der Waals surface area contributed by atoms with Gasteiger partial charge in [0.1, 0.15) is 0 Å². The molecule has 0 aromatic heterocycles. The first-order valence-corrected chi connectivity index (χ1v) is 5.95. The number of carboxylic acids is 1. The molecular formula is C12H21NO2. The van der Waals surface area contributed by atoms with Crippen molar-refractivity contribution in [3.8, 4) is 0 Å². The summed E-state index contributed by atoms with van der Waals surface area (Å²) < 4.78 is 0. The molecule has 0 radical (unpaired) electrons. The first kappa shape index (κ1) is 10.9. The highest BCUT2D eigenvalue weighted by Gasteiger charge is 2.59. The van der Waals surface area contributed by atoms with Gasteiger partial charge in [-0.05, 0) is 48.5 Å². The average molecular weight is 211 g/mol. The Bertz CT molecular complexity index is 261. The molecule has 15 heavy (non-hydrogen) atoms. The second-order valence-electron chi connectivity index (χ2n) is 5.49. The molecule has 0 amide bonds. The Kier molecular flexibility index (Phi) is 2.53. The largest absolute Gasteiger partial charge is 0.481 e. The highest BCUT2D eigenvalue weighted by atomic mass is 16.4. The van der Waals surface area contributed by atoms with E-state index in [1.54, 1.807) is 0 Å². The molecule has 2 rings (SSSR count). The first-order valence-electron chi connectivity index (χ1n) is 5.95. The van der Waals surface area contributed by atoms with Crippen LogP contribution in [0.3, 0.4) is 0 Å². The third kappa shape index (κ3) is 1.32. The van der Waals surface area contributed by atoms with Crippen molar-refractivity contribution in [2.45, 2.75) is 33.1 Å². The Labute approximate surface area is 91.0 Å². The van der Waals surface area contributed by atoms with E-state index in [2.05, 4.69) is 13.8 Å². The van der Waals surface area contributed by atoms with Crippen molar-refractivity contribution in [3.05, 3.63) is 0 Å². The normalized spacial score (nSPS) is 48.5. The molecule has 2 aliphatic carbocycles. The van der Waals surface area contributed by atoms with Crippen LogP contribution in [0, 0.1) is 29.1 Å². The van der Waals surface area contributed by atoms with Gasteiger partial charge in [-0.3, -0.25) is 4.79 Å². The first-order chi connectivity index (χ1) is 7.03. The van der Waals surface area contributed by atoms with E-state index in [-0.39, 0.29) is 11.8 Å². The van der Waals surface area contributed by atoms with Crippen LogP contribution >= 0.6 is 0 Å². The van der Waals surface area contributed by atoms with Gasteiger partial charge in [0.25, 0.3) is 0 Å². The predicted molar refractivity (Wildman–Crippen MR) is 58.3 cm³/mol. The van der Waals surface area contributed by atoms with Gasteiger partial charge in [0.2, 0.25) is 0 Å². The maximum absolute atomic E-state index is 11.0. The van der Waals surface area contributed by atoms with E-state index in [1.807, 2.05) is 0 Å². The van der Waals surface area contributed by atoms with Crippen molar-refractivity contribution < 1.29 is 9.90 Å². The summed E-state index contributed by atoms with van der Waals surface area (Å²) in [6, 6.07) is 0. The Morgan fingerprint density at radius 3 is 2.07 bits per heavy atom. The molecule has 0 aromatic rings. The molecule has 0 spiro atoms. The minimum Gasteiger partial charge on any atom is -0.481 e. The maximum atomic E-state index is 11.0. The van der Waals surface area contributed by atoms with E-state index < -0.39 is 5.97 Å². The number of fused-ring (bicyclic) bond motifs is 1. The highest BCUT2D eigenvalue weighted by Crippen LogP contribution is 2.63. The molecule has 0 aliphatic heterocycles. The van der Waals surface area contributed by atoms with E-state index in [0.717, 1.165) is 11.8 Å². The fourth-order valence-corrected chi connectivity index (χ4v) is 4.11. The highest BCUT2D eigenvalue weighted by molar-refractivity contribution is 5.68. The molecule has 4 atom stereocenters. The molecule has 3 heteroatoms. The SMILES string of the molecule is CC1C2CCC2C(C)C1(CN)CC(=O)O. The van der Waals surface area contributed by atoms with Crippen molar-refractivity contribution in [2.24, 2.45) is 34.8 Å². The van der Waals surface area contributed by atoms with E-state index in [4.69, 9.17) is 10.8 Å². The predicted octanol–water partition coefficient (Wildman–Crippen LogP) is 1.72. The fraction of sp³-hybridized carbons (Fsp3) is 0.917. The minimum absolute atomic E-state index is 0.141. The van der Waals surface area contributed by atoms with Crippen LogP contribution in [-0.4, -0.2) is 17.6 Å². The van der Waals surface area contributed by atoms with Crippen LogP contribution in [0.15, 0.2) is 0 Å². The molecule has 0 saturated heterocycles. The molecule has 0 bridgehead atoms. The number of hydrogen-bond acceptors (Lipinski definition) is 2. The second-order valence-corrected chi connectivity index (χ2v) is 5.49. The summed E-state index contributed by atoms with van der Waals surface area (Å²) in [5.41, 5.74) is 5.75. The lowest BCUT2D eigenvalue weighted by atomic mass is 9.70. The molecule has 0 aromatic carbocycles. The van der Waals surface area contributed by atoms with Crippen LogP contribution in [-0.2, 0) is 4.79 Å². The zero-order chi connectivity index (χ0) is 11.2. The van der Waals surface area contributed by atoms with E-state index in [9.17, 15) is 4.79 Å². The monoisotopic (exact) mass is 211 g/mol. The van der Waals surface area contributed by atoms with Gasteiger partial charge in [-0.1, -0.05) is 13.8 Å². The average Bonchev–Trinajstić information content (AvgIpc) is 2.22. The lowest BCUT2D eigenvalue weighted by Crippen LogP contribution is -2.40. The summed E-state index contributed by atoms with van der Waals surface area (Å²) in [7, 11) is 0. The van der Waals surface area contributed by atoms with Crippen molar-refractivity contribution in [1.29, 1.82) is 0 Å². The smallest absolute Gasteiger partial charge is 0.303 e. The van der Waals surface area contributed by atoms with Gasteiger partial charge < -0.3 is 10.8 Å². The molecule has 2 aliphatic rings. The van der Waals surface area contributed by atoms with Crippen LogP contribution in [0.4, 0.5) is 0 Å². The molecular weight excluding hydrogens is 190 g/mol. The van der Waals surface area contributed by atoms with Gasteiger partial charge in [0, 0.05) is 0 Å². The minimum atomic E-state index is -0.694. The second kappa shape index (κ2) is 3.48. The van der Waals surface area contributed by atoms with Gasteiger partial charge in [-0.15, -0.1) is 0 Å².